The van der Waals surface area contributed by atoms with Gasteiger partial charge in [-0.1, -0.05) is 37.3 Å². The lowest BCUT2D eigenvalue weighted by Gasteiger charge is -2.37. The summed E-state index contributed by atoms with van der Waals surface area (Å²) in [6.45, 7) is 7.37. The van der Waals surface area contributed by atoms with Crippen LogP contribution in [0.1, 0.15) is 55.8 Å². The van der Waals surface area contributed by atoms with Crippen LogP contribution in [0.15, 0.2) is 30.3 Å². The minimum Gasteiger partial charge on any atom is -0.346 e. The molecule has 2 aromatic rings. The Hall–Kier alpha value is -1.98. The highest BCUT2D eigenvalue weighted by Gasteiger charge is 2.36. The Morgan fingerprint density at radius 1 is 1.25 bits per heavy atom. The van der Waals surface area contributed by atoms with E-state index in [1.807, 2.05) is 6.07 Å². The van der Waals surface area contributed by atoms with Crippen molar-refractivity contribution >= 4 is 23.2 Å². The van der Waals surface area contributed by atoms with Gasteiger partial charge in [0.2, 0.25) is 5.28 Å². The van der Waals surface area contributed by atoms with E-state index in [9.17, 15) is 4.79 Å². The Balaban J connectivity index is 1.69. The first kappa shape index (κ1) is 19.3. The second kappa shape index (κ2) is 8.18. The largest absolute Gasteiger partial charge is 0.346 e. The fourth-order valence-electron chi connectivity index (χ4n) is 4.65. The van der Waals surface area contributed by atoms with E-state index in [1.165, 1.54) is 11.1 Å². The molecule has 6 heteroatoms. The molecule has 2 unspecified atom stereocenters. The molecule has 2 aliphatic rings. The highest BCUT2D eigenvalue weighted by atomic mass is 35.5. The van der Waals surface area contributed by atoms with E-state index in [4.69, 9.17) is 11.6 Å². The molecule has 0 saturated carbocycles. The zero-order valence-corrected chi connectivity index (χ0v) is 17.3. The highest BCUT2D eigenvalue weighted by Crippen LogP contribution is 2.39. The molecule has 4 rings (SSSR count). The first-order valence-corrected chi connectivity index (χ1v) is 10.5. The smallest absolute Gasteiger partial charge is 0.224 e. The Bertz CT molecular complexity index is 857. The Morgan fingerprint density at radius 3 is 2.75 bits per heavy atom. The van der Waals surface area contributed by atoms with Crippen molar-refractivity contribution in [3.63, 3.8) is 0 Å². The first-order valence-electron chi connectivity index (χ1n) is 10.2. The van der Waals surface area contributed by atoms with Gasteiger partial charge < -0.3 is 4.90 Å². The van der Waals surface area contributed by atoms with E-state index < -0.39 is 0 Å². The Morgan fingerprint density at radius 2 is 2.04 bits per heavy atom. The number of rotatable bonds is 5. The molecule has 3 heterocycles. The molecule has 1 aromatic heterocycles. The number of carbonyl (C=O) groups excluding carboxylic acids is 1. The summed E-state index contributed by atoms with van der Waals surface area (Å²) in [6.07, 6.45) is 2.91. The van der Waals surface area contributed by atoms with Crippen molar-refractivity contribution < 1.29 is 4.79 Å². The number of hydrogen-bond donors (Lipinski definition) is 0. The summed E-state index contributed by atoms with van der Waals surface area (Å²) < 4.78 is 0. The topological polar surface area (TPSA) is 49.3 Å². The third-order valence-corrected chi connectivity index (χ3v) is 6.14. The Kier molecular flexibility index (Phi) is 5.65. The van der Waals surface area contributed by atoms with Crippen molar-refractivity contribution in [1.82, 2.24) is 14.9 Å². The van der Waals surface area contributed by atoms with Gasteiger partial charge in [0.1, 0.15) is 5.82 Å². The van der Waals surface area contributed by atoms with Crippen LogP contribution in [-0.4, -0.2) is 39.8 Å². The van der Waals surface area contributed by atoms with E-state index in [1.54, 1.807) is 6.92 Å². The molecule has 148 valence electrons. The van der Waals surface area contributed by atoms with E-state index in [-0.39, 0.29) is 17.1 Å². The van der Waals surface area contributed by atoms with Crippen LogP contribution in [0.25, 0.3) is 0 Å². The van der Waals surface area contributed by atoms with E-state index in [2.05, 4.69) is 51.0 Å². The van der Waals surface area contributed by atoms with Gasteiger partial charge in [-0.3, -0.25) is 9.69 Å². The number of aromatic nitrogens is 2. The fraction of sp³-hybridized carbons (Fsp3) is 0.500. The summed E-state index contributed by atoms with van der Waals surface area (Å²) in [4.78, 5) is 26.0. The van der Waals surface area contributed by atoms with E-state index in [0.717, 1.165) is 57.0 Å². The number of ketones is 1. The molecule has 1 fully saturated rings. The normalized spacial score (nSPS) is 22.3. The SMILES string of the molecule is CCC1CN(Cc2ccccc2)Cc2nc(Cl)nc(N3CCCC3C(C)=O)c21. The van der Waals surface area contributed by atoms with Crippen LogP contribution >= 0.6 is 11.6 Å². The number of benzene rings is 1. The van der Waals surface area contributed by atoms with Crippen molar-refractivity contribution in [3.8, 4) is 0 Å². The number of hydrogen-bond acceptors (Lipinski definition) is 5. The van der Waals surface area contributed by atoms with Gasteiger partial charge >= 0.3 is 0 Å². The van der Waals surface area contributed by atoms with Crippen LogP contribution in [0.4, 0.5) is 5.82 Å². The van der Waals surface area contributed by atoms with E-state index in [0.29, 0.717) is 5.92 Å². The lowest BCUT2D eigenvalue weighted by molar-refractivity contribution is -0.118. The molecule has 2 atom stereocenters. The zero-order chi connectivity index (χ0) is 19.7. The lowest BCUT2D eigenvalue weighted by atomic mass is 9.90. The maximum Gasteiger partial charge on any atom is 0.224 e. The predicted octanol–water partition coefficient (Wildman–Crippen LogP) is 4.20. The maximum atomic E-state index is 12.2. The lowest BCUT2D eigenvalue weighted by Crippen LogP contribution is -2.39. The molecule has 28 heavy (non-hydrogen) atoms. The fourth-order valence-corrected chi connectivity index (χ4v) is 4.83. The van der Waals surface area contributed by atoms with Crippen molar-refractivity contribution in [2.45, 2.75) is 58.2 Å². The van der Waals surface area contributed by atoms with Crippen LogP contribution in [0, 0.1) is 0 Å². The van der Waals surface area contributed by atoms with Gasteiger partial charge in [-0.05, 0) is 43.4 Å². The van der Waals surface area contributed by atoms with Crippen molar-refractivity contribution in [3.05, 3.63) is 52.4 Å². The van der Waals surface area contributed by atoms with Gasteiger partial charge in [-0.2, -0.15) is 0 Å². The van der Waals surface area contributed by atoms with Gasteiger partial charge in [0.15, 0.2) is 5.78 Å². The maximum absolute atomic E-state index is 12.2. The van der Waals surface area contributed by atoms with E-state index >= 15 is 0 Å². The molecular weight excluding hydrogens is 372 g/mol. The van der Waals surface area contributed by atoms with Crippen LogP contribution in [0.3, 0.4) is 0 Å². The van der Waals surface area contributed by atoms with Crippen molar-refractivity contribution in [2.24, 2.45) is 0 Å². The second-order valence-corrected chi connectivity index (χ2v) is 8.24. The summed E-state index contributed by atoms with van der Waals surface area (Å²) >= 11 is 6.33. The molecule has 0 spiro atoms. The molecule has 0 amide bonds. The predicted molar refractivity (Wildman–Crippen MR) is 112 cm³/mol. The summed E-state index contributed by atoms with van der Waals surface area (Å²) in [5.41, 5.74) is 3.51. The number of anilines is 1. The molecule has 1 saturated heterocycles. The van der Waals surface area contributed by atoms with Crippen molar-refractivity contribution in [2.75, 3.05) is 18.0 Å². The van der Waals surface area contributed by atoms with Gasteiger partial charge in [-0.25, -0.2) is 9.97 Å². The van der Waals surface area contributed by atoms with Crippen LogP contribution < -0.4 is 4.90 Å². The molecule has 2 aliphatic heterocycles. The molecule has 1 aromatic carbocycles. The molecule has 0 bridgehead atoms. The van der Waals surface area contributed by atoms with Gasteiger partial charge in [0.25, 0.3) is 0 Å². The number of carbonyl (C=O) groups is 1. The monoisotopic (exact) mass is 398 g/mol. The third kappa shape index (κ3) is 3.78. The highest BCUT2D eigenvalue weighted by molar-refractivity contribution is 6.28. The summed E-state index contributed by atoms with van der Waals surface area (Å²) in [5.74, 6) is 1.43. The number of nitrogens with zero attached hydrogens (tertiary/aromatic N) is 4. The van der Waals surface area contributed by atoms with Crippen molar-refractivity contribution in [1.29, 1.82) is 0 Å². The number of Topliss-reactive ketones (excluding diaryl/α,β-unsaturated/α-hetero) is 1. The first-order chi connectivity index (χ1) is 13.6. The van der Waals surface area contributed by atoms with Crippen LogP contribution in [0.2, 0.25) is 5.28 Å². The number of fused-ring (bicyclic) bond motifs is 1. The quantitative estimate of drug-likeness (QED) is 0.706. The third-order valence-electron chi connectivity index (χ3n) is 5.97. The zero-order valence-electron chi connectivity index (χ0n) is 16.6. The second-order valence-electron chi connectivity index (χ2n) is 7.90. The average Bonchev–Trinajstić information content (AvgIpc) is 3.17. The summed E-state index contributed by atoms with van der Waals surface area (Å²) in [5, 5.41) is 0.277. The summed E-state index contributed by atoms with van der Waals surface area (Å²) in [7, 11) is 0. The standard InChI is InChI=1S/C22H27ClN4O/c1-3-17-13-26(12-16-8-5-4-6-9-16)14-18-20(17)21(25-22(23)24-18)27-11-7-10-19(27)15(2)28/h4-6,8-9,17,19H,3,7,10-14H2,1-2H3. The molecule has 0 aliphatic carbocycles. The van der Waals surface area contributed by atoms with Crippen LogP contribution in [-0.2, 0) is 17.9 Å². The molecular formula is C22H27ClN4O. The number of halogens is 1. The van der Waals surface area contributed by atoms with Gasteiger partial charge in [0.05, 0.1) is 11.7 Å². The van der Waals surface area contributed by atoms with Gasteiger partial charge in [-0.15, -0.1) is 0 Å². The van der Waals surface area contributed by atoms with Gasteiger partial charge in [0, 0.05) is 37.7 Å². The molecule has 0 radical (unpaired) electrons. The summed E-state index contributed by atoms with van der Waals surface area (Å²) in [6, 6.07) is 10.4. The Labute approximate surface area is 171 Å². The average molecular weight is 399 g/mol. The minimum atomic E-state index is -0.0880. The minimum absolute atomic E-state index is 0.0880. The van der Waals surface area contributed by atoms with Crippen LogP contribution in [0.5, 0.6) is 0 Å². The molecule has 0 N–H and O–H groups in total. The molecule has 5 nitrogen and oxygen atoms in total.